The second-order valence-electron chi connectivity index (χ2n) is 5.45. The molecule has 108 valence electrons. The molecule has 2 heteroatoms. The number of nitrogens with one attached hydrogen (secondary N) is 1. The lowest BCUT2D eigenvalue weighted by Gasteiger charge is -2.34. The molecule has 1 aromatic rings. The fourth-order valence-corrected chi connectivity index (χ4v) is 2.49. The summed E-state index contributed by atoms with van der Waals surface area (Å²) < 4.78 is 5.77. The van der Waals surface area contributed by atoms with Gasteiger partial charge >= 0.3 is 0 Å². The standard InChI is InChI=1S/C17H29NO/c1-5-17(14-18-6-2,12-13-19-15(3)4)16-10-8-7-9-11-16/h7-11,15,18H,5-6,12-14H2,1-4H3. The third-order valence-electron chi connectivity index (χ3n) is 3.81. The zero-order chi connectivity index (χ0) is 14.1. The van der Waals surface area contributed by atoms with Crippen LogP contribution >= 0.6 is 0 Å². The molecule has 1 N–H and O–H groups in total. The second kappa shape index (κ2) is 8.34. The highest BCUT2D eigenvalue weighted by molar-refractivity contribution is 5.26. The molecule has 0 saturated carbocycles. The minimum atomic E-state index is 0.187. The van der Waals surface area contributed by atoms with Gasteiger partial charge in [-0.2, -0.15) is 0 Å². The molecule has 1 aromatic carbocycles. The molecule has 0 aliphatic heterocycles. The normalized spacial score (nSPS) is 14.6. The zero-order valence-corrected chi connectivity index (χ0v) is 12.9. The average Bonchev–Trinajstić information content (AvgIpc) is 2.43. The number of hydrogen-bond donors (Lipinski definition) is 1. The van der Waals surface area contributed by atoms with Crippen LogP contribution in [0.3, 0.4) is 0 Å². The quantitative estimate of drug-likeness (QED) is 0.732. The van der Waals surface area contributed by atoms with E-state index in [0.29, 0.717) is 6.10 Å². The highest BCUT2D eigenvalue weighted by Crippen LogP contribution is 2.31. The molecule has 0 amide bonds. The zero-order valence-electron chi connectivity index (χ0n) is 12.9. The Morgan fingerprint density at radius 3 is 2.37 bits per heavy atom. The first-order valence-corrected chi connectivity index (χ1v) is 7.52. The van der Waals surface area contributed by atoms with Crippen LogP contribution in [0.1, 0.15) is 46.1 Å². The van der Waals surface area contributed by atoms with Crippen molar-refractivity contribution in [1.29, 1.82) is 0 Å². The molecule has 0 aromatic heterocycles. The van der Waals surface area contributed by atoms with E-state index in [0.717, 1.165) is 32.5 Å². The molecule has 0 heterocycles. The molecule has 0 spiro atoms. The summed E-state index contributed by atoms with van der Waals surface area (Å²) in [5, 5.41) is 3.52. The molecule has 0 aliphatic rings. The predicted octanol–water partition coefficient (Wildman–Crippen LogP) is 3.76. The van der Waals surface area contributed by atoms with Crippen LogP contribution in [0.15, 0.2) is 30.3 Å². The van der Waals surface area contributed by atoms with Crippen molar-refractivity contribution < 1.29 is 4.74 Å². The van der Waals surface area contributed by atoms with Gasteiger partial charge in [0.1, 0.15) is 0 Å². The minimum Gasteiger partial charge on any atom is -0.379 e. The van der Waals surface area contributed by atoms with E-state index in [4.69, 9.17) is 4.74 Å². The first kappa shape index (κ1) is 16.2. The third kappa shape index (κ3) is 4.96. The van der Waals surface area contributed by atoms with Gasteiger partial charge in [0.05, 0.1) is 6.10 Å². The largest absolute Gasteiger partial charge is 0.379 e. The highest BCUT2D eigenvalue weighted by atomic mass is 16.5. The Bertz CT molecular complexity index is 336. The second-order valence-corrected chi connectivity index (χ2v) is 5.45. The lowest BCUT2D eigenvalue weighted by atomic mass is 9.75. The van der Waals surface area contributed by atoms with Crippen LogP contribution in [0.4, 0.5) is 0 Å². The Labute approximate surface area is 118 Å². The van der Waals surface area contributed by atoms with Gasteiger partial charge in [-0.25, -0.2) is 0 Å². The van der Waals surface area contributed by atoms with Crippen LogP contribution in [0.5, 0.6) is 0 Å². The van der Waals surface area contributed by atoms with E-state index < -0.39 is 0 Å². The summed E-state index contributed by atoms with van der Waals surface area (Å²) in [7, 11) is 0. The van der Waals surface area contributed by atoms with E-state index >= 15 is 0 Å². The van der Waals surface area contributed by atoms with E-state index in [9.17, 15) is 0 Å². The maximum atomic E-state index is 5.77. The van der Waals surface area contributed by atoms with Crippen LogP contribution < -0.4 is 5.32 Å². The molecule has 19 heavy (non-hydrogen) atoms. The maximum Gasteiger partial charge on any atom is 0.0518 e. The van der Waals surface area contributed by atoms with Crippen LogP contribution in [0, 0.1) is 0 Å². The molecule has 0 radical (unpaired) electrons. The summed E-state index contributed by atoms with van der Waals surface area (Å²) >= 11 is 0. The van der Waals surface area contributed by atoms with E-state index in [1.807, 2.05) is 0 Å². The number of likely N-dealkylation sites (N-methyl/N-ethyl adjacent to an activating group) is 1. The van der Waals surface area contributed by atoms with E-state index in [1.165, 1.54) is 5.56 Å². The Kier molecular flexibility index (Phi) is 7.11. The fourth-order valence-electron chi connectivity index (χ4n) is 2.49. The van der Waals surface area contributed by atoms with Gasteiger partial charge in [-0.05, 0) is 38.8 Å². The smallest absolute Gasteiger partial charge is 0.0518 e. The Morgan fingerprint density at radius 2 is 1.84 bits per heavy atom. The summed E-state index contributed by atoms with van der Waals surface area (Å²) in [6, 6.07) is 10.8. The molecule has 0 saturated heterocycles. The molecule has 2 nitrogen and oxygen atoms in total. The van der Waals surface area contributed by atoms with Crippen LogP contribution in [0.25, 0.3) is 0 Å². The lowest BCUT2D eigenvalue weighted by molar-refractivity contribution is 0.0628. The third-order valence-corrected chi connectivity index (χ3v) is 3.81. The van der Waals surface area contributed by atoms with Gasteiger partial charge in [0, 0.05) is 18.6 Å². The monoisotopic (exact) mass is 263 g/mol. The van der Waals surface area contributed by atoms with E-state index in [-0.39, 0.29) is 5.41 Å². The summed E-state index contributed by atoms with van der Waals surface area (Å²) in [5.41, 5.74) is 1.61. The minimum absolute atomic E-state index is 0.187. The first-order valence-electron chi connectivity index (χ1n) is 7.52. The van der Waals surface area contributed by atoms with E-state index in [2.05, 4.69) is 63.3 Å². The number of ether oxygens (including phenoxy) is 1. The average molecular weight is 263 g/mol. The van der Waals surface area contributed by atoms with E-state index in [1.54, 1.807) is 0 Å². The van der Waals surface area contributed by atoms with Gasteiger partial charge in [0.2, 0.25) is 0 Å². The van der Waals surface area contributed by atoms with Crippen molar-refractivity contribution in [3.8, 4) is 0 Å². The van der Waals surface area contributed by atoms with Gasteiger partial charge in [-0.15, -0.1) is 0 Å². The van der Waals surface area contributed by atoms with Gasteiger partial charge in [-0.3, -0.25) is 0 Å². The Hall–Kier alpha value is -0.860. The molecule has 1 rings (SSSR count). The van der Waals surface area contributed by atoms with Crippen molar-refractivity contribution in [2.75, 3.05) is 19.7 Å². The number of hydrogen-bond acceptors (Lipinski definition) is 2. The lowest BCUT2D eigenvalue weighted by Crippen LogP contribution is -2.39. The van der Waals surface area contributed by atoms with Crippen LogP contribution in [-0.4, -0.2) is 25.8 Å². The molecular formula is C17H29NO. The van der Waals surface area contributed by atoms with Crippen molar-refractivity contribution in [3.05, 3.63) is 35.9 Å². The molecule has 0 fully saturated rings. The summed E-state index contributed by atoms with van der Waals surface area (Å²) in [5.74, 6) is 0. The molecule has 0 bridgehead atoms. The summed E-state index contributed by atoms with van der Waals surface area (Å²) in [6.45, 7) is 11.5. The van der Waals surface area contributed by atoms with Crippen LogP contribution in [-0.2, 0) is 10.2 Å². The van der Waals surface area contributed by atoms with Gasteiger partial charge in [0.15, 0.2) is 0 Å². The van der Waals surface area contributed by atoms with Crippen molar-refractivity contribution in [2.45, 2.75) is 52.1 Å². The van der Waals surface area contributed by atoms with Crippen molar-refractivity contribution in [2.24, 2.45) is 0 Å². The summed E-state index contributed by atoms with van der Waals surface area (Å²) in [6.07, 6.45) is 2.51. The van der Waals surface area contributed by atoms with Crippen molar-refractivity contribution in [3.63, 3.8) is 0 Å². The molecule has 1 unspecified atom stereocenters. The van der Waals surface area contributed by atoms with Crippen LogP contribution in [0.2, 0.25) is 0 Å². The molecule has 1 atom stereocenters. The SMILES string of the molecule is CCNCC(CC)(CCOC(C)C)c1ccccc1. The number of rotatable bonds is 9. The van der Waals surface area contributed by atoms with Gasteiger partial charge in [0.25, 0.3) is 0 Å². The Balaban J connectivity index is 2.81. The molecule has 0 aliphatic carbocycles. The van der Waals surface area contributed by atoms with Gasteiger partial charge < -0.3 is 10.1 Å². The van der Waals surface area contributed by atoms with Crippen molar-refractivity contribution >= 4 is 0 Å². The summed E-state index contributed by atoms with van der Waals surface area (Å²) in [4.78, 5) is 0. The maximum absolute atomic E-state index is 5.77. The topological polar surface area (TPSA) is 21.3 Å². The van der Waals surface area contributed by atoms with Crippen molar-refractivity contribution in [1.82, 2.24) is 5.32 Å². The predicted molar refractivity (Wildman–Crippen MR) is 82.7 cm³/mol. The highest BCUT2D eigenvalue weighted by Gasteiger charge is 2.29. The first-order chi connectivity index (χ1) is 9.14. The number of benzene rings is 1. The molecular weight excluding hydrogens is 234 g/mol. The van der Waals surface area contributed by atoms with Gasteiger partial charge in [-0.1, -0.05) is 44.2 Å². The Morgan fingerprint density at radius 1 is 1.16 bits per heavy atom. The fraction of sp³-hybridized carbons (Fsp3) is 0.647.